The third-order valence-corrected chi connectivity index (χ3v) is 14.6. The lowest BCUT2D eigenvalue weighted by Gasteiger charge is -2.31. The molecule has 2 aliphatic heterocycles. The molecule has 1 saturated heterocycles. The standard InChI is InChI=1S/C58H81F4N5O16S/c1-3-14-66(15-4-2)58(70)46-38-45-9-8-44(40-51(45)65-52(63)41-46)43-6-5-7-48(39-43)84(71,72)67-16-10-47(11-17-67)64-53(68)12-18-73-20-22-75-24-26-77-28-30-79-32-34-81-36-37-82-35-33-80-31-29-78-27-25-76-23-21-74-19-13-54(69)83-57-55(61)49(59)42-50(60)56(57)62/h5-9,38-40,42,47H,3-4,10-37,41H2,1-2H3,(H2,63,65)(H,64,68). The lowest BCUT2D eigenvalue weighted by Crippen LogP contribution is -2.46. The summed E-state index contributed by atoms with van der Waals surface area (Å²) < 4.78 is 142. The molecule has 0 saturated carbocycles. The Kier molecular flexibility index (Phi) is 32.4. The van der Waals surface area contributed by atoms with Crippen LogP contribution in [0.5, 0.6) is 5.75 Å². The van der Waals surface area contributed by atoms with E-state index in [-0.39, 0.29) is 87.8 Å². The van der Waals surface area contributed by atoms with E-state index < -0.39 is 51.4 Å². The van der Waals surface area contributed by atoms with Crippen LogP contribution in [0, 0.1) is 23.3 Å². The molecular weight excluding hydrogens is 1130 g/mol. The largest absolute Gasteiger partial charge is 0.420 e. The van der Waals surface area contributed by atoms with Crippen molar-refractivity contribution in [3.05, 3.63) is 82.9 Å². The summed E-state index contributed by atoms with van der Waals surface area (Å²) in [6.45, 7) is 12.2. The average molecular weight is 1210 g/mol. The number of benzene rings is 3. The summed E-state index contributed by atoms with van der Waals surface area (Å²) in [6, 6.07) is 12.3. The Labute approximate surface area is 489 Å². The minimum atomic E-state index is -3.82. The maximum absolute atomic E-state index is 13.8. The molecule has 0 aliphatic carbocycles. The first-order valence-electron chi connectivity index (χ1n) is 28.4. The number of sulfonamides is 1. The first kappa shape index (κ1) is 69.3. The van der Waals surface area contributed by atoms with Crippen LogP contribution in [-0.4, -0.2) is 206 Å². The van der Waals surface area contributed by atoms with E-state index in [1.54, 1.807) is 18.2 Å². The smallest absolute Gasteiger partial charge is 0.313 e. The Morgan fingerprint density at radius 2 is 1.07 bits per heavy atom. The molecule has 5 rings (SSSR count). The predicted molar refractivity (Wildman–Crippen MR) is 302 cm³/mol. The van der Waals surface area contributed by atoms with E-state index in [0.717, 1.165) is 24.0 Å². The second kappa shape index (κ2) is 39.3. The highest BCUT2D eigenvalue weighted by Crippen LogP contribution is 2.34. The first-order chi connectivity index (χ1) is 40.7. The van der Waals surface area contributed by atoms with Crippen molar-refractivity contribution in [3.63, 3.8) is 0 Å². The number of hydrogen-bond donors (Lipinski definition) is 2. The number of nitrogens with two attached hydrogens (primary N) is 1. The van der Waals surface area contributed by atoms with E-state index in [0.29, 0.717) is 148 Å². The number of piperidine rings is 1. The van der Waals surface area contributed by atoms with Gasteiger partial charge in [0.1, 0.15) is 5.84 Å². The molecule has 3 aromatic rings. The number of aliphatic imine (C=N–C) groups is 1. The van der Waals surface area contributed by atoms with Gasteiger partial charge >= 0.3 is 5.97 Å². The van der Waals surface area contributed by atoms with Crippen molar-refractivity contribution < 1.29 is 92.5 Å². The summed E-state index contributed by atoms with van der Waals surface area (Å²) in [5, 5.41) is 3.01. The van der Waals surface area contributed by atoms with Gasteiger partial charge in [0.15, 0.2) is 11.6 Å². The van der Waals surface area contributed by atoms with Crippen LogP contribution in [0.4, 0.5) is 23.2 Å². The van der Waals surface area contributed by atoms with Crippen molar-refractivity contribution in [1.82, 2.24) is 14.5 Å². The molecule has 0 radical (unpaired) electrons. The molecule has 26 heteroatoms. The van der Waals surface area contributed by atoms with Gasteiger partial charge in [-0.15, -0.1) is 0 Å². The molecular formula is C58H81F4N5O16S. The molecule has 468 valence electrons. The van der Waals surface area contributed by atoms with Crippen LogP contribution in [0.15, 0.2) is 64.0 Å². The van der Waals surface area contributed by atoms with Gasteiger partial charge in [0.2, 0.25) is 39.2 Å². The van der Waals surface area contributed by atoms with E-state index >= 15 is 0 Å². The van der Waals surface area contributed by atoms with Gasteiger partial charge in [0.05, 0.1) is 149 Å². The van der Waals surface area contributed by atoms with Crippen LogP contribution in [0.3, 0.4) is 0 Å². The van der Waals surface area contributed by atoms with Crippen LogP contribution in [0.25, 0.3) is 17.2 Å². The minimum absolute atomic E-state index is 0.0125. The number of ether oxygens (including phenoxy) is 11. The number of fused-ring (bicyclic) bond motifs is 1. The number of esters is 1. The van der Waals surface area contributed by atoms with Crippen LogP contribution in [0.2, 0.25) is 0 Å². The van der Waals surface area contributed by atoms with Crippen LogP contribution < -0.4 is 15.8 Å². The van der Waals surface area contributed by atoms with E-state index in [9.17, 15) is 40.4 Å². The number of hydrogen-bond acceptors (Lipinski definition) is 18. The fourth-order valence-electron chi connectivity index (χ4n) is 8.50. The average Bonchev–Trinajstić information content (AvgIpc) is 3.89. The SMILES string of the molecule is CCCN(CCC)C(=O)C1=Cc2ccc(-c3cccc(S(=O)(=O)N4CCC(NC(=O)CCOCCOCCOCCOCCOCCOCCOCCOCCOCCOCCC(=O)Oc5c(F)c(F)cc(F)c5F)CC4)c3)cc2N=C(N)C1. The number of halogens is 4. The van der Waals surface area contributed by atoms with Crippen molar-refractivity contribution in [1.29, 1.82) is 0 Å². The summed E-state index contributed by atoms with van der Waals surface area (Å²) in [5.74, 6) is -9.42. The molecule has 3 aromatic carbocycles. The summed E-state index contributed by atoms with van der Waals surface area (Å²) in [4.78, 5) is 44.5. The topological polar surface area (TPSA) is 244 Å². The van der Waals surface area contributed by atoms with Gasteiger partial charge in [0, 0.05) is 62.3 Å². The van der Waals surface area contributed by atoms with Crippen LogP contribution >= 0.6 is 0 Å². The molecule has 3 N–H and O–H groups in total. The summed E-state index contributed by atoms with van der Waals surface area (Å²) in [7, 11) is -3.82. The van der Waals surface area contributed by atoms with Crippen molar-refractivity contribution in [3.8, 4) is 16.9 Å². The Hall–Kier alpha value is -5.49. The van der Waals surface area contributed by atoms with Gasteiger partial charge in [0.25, 0.3) is 0 Å². The monoisotopic (exact) mass is 1210 g/mol. The van der Waals surface area contributed by atoms with Crippen molar-refractivity contribution in [2.75, 3.05) is 158 Å². The fraction of sp³-hybridized carbons (Fsp3) is 0.586. The summed E-state index contributed by atoms with van der Waals surface area (Å²) in [6.07, 6.45) is 4.52. The molecule has 21 nitrogen and oxygen atoms in total. The molecule has 0 spiro atoms. The third kappa shape index (κ3) is 24.8. The van der Waals surface area contributed by atoms with Crippen LogP contribution in [-0.2, 0) is 71.8 Å². The van der Waals surface area contributed by atoms with Crippen molar-refractivity contribution >= 4 is 45.4 Å². The number of nitrogens with one attached hydrogen (secondary N) is 1. The molecule has 0 unspecified atom stereocenters. The van der Waals surface area contributed by atoms with Gasteiger partial charge in [-0.25, -0.2) is 22.2 Å². The van der Waals surface area contributed by atoms with Gasteiger partial charge in [-0.3, -0.25) is 14.4 Å². The number of carbonyl (C=O) groups is 3. The van der Waals surface area contributed by atoms with Crippen LogP contribution in [0.1, 0.15) is 64.4 Å². The predicted octanol–water partition coefficient (Wildman–Crippen LogP) is 6.16. The quantitative estimate of drug-likeness (QED) is 0.0212. The second-order valence-corrected chi connectivity index (χ2v) is 21.1. The lowest BCUT2D eigenvalue weighted by molar-refractivity contribution is -0.136. The third-order valence-electron chi connectivity index (χ3n) is 12.7. The highest BCUT2D eigenvalue weighted by Gasteiger charge is 2.31. The minimum Gasteiger partial charge on any atom is -0.420 e. The summed E-state index contributed by atoms with van der Waals surface area (Å²) >= 11 is 0. The molecule has 84 heavy (non-hydrogen) atoms. The van der Waals surface area contributed by atoms with E-state index in [2.05, 4.69) is 15.0 Å². The fourth-order valence-corrected chi connectivity index (χ4v) is 10.0. The highest BCUT2D eigenvalue weighted by atomic mass is 32.2. The maximum atomic E-state index is 13.8. The van der Waals surface area contributed by atoms with Gasteiger partial charge in [-0.05, 0) is 61.1 Å². The molecule has 0 atom stereocenters. The van der Waals surface area contributed by atoms with Gasteiger partial charge in [-0.1, -0.05) is 38.1 Å². The highest BCUT2D eigenvalue weighted by molar-refractivity contribution is 7.89. The number of nitrogens with zero attached hydrogens (tertiary/aromatic N) is 3. The van der Waals surface area contributed by atoms with Gasteiger partial charge < -0.3 is 68.1 Å². The second-order valence-electron chi connectivity index (χ2n) is 19.2. The lowest BCUT2D eigenvalue weighted by atomic mass is 10.0. The Bertz CT molecular complexity index is 2630. The molecule has 0 aromatic heterocycles. The van der Waals surface area contributed by atoms with E-state index in [1.807, 2.05) is 49.1 Å². The number of carbonyl (C=O) groups excluding carboxylic acids is 3. The number of rotatable bonds is 43. The van der Waals surface area contributed by atoms with Crippen molar-refractivity contribution in [2.45, 2.75) is 69.7 Å². The van der Waals surface area contributed by atoms with Crippen molar-refractivity contribution in [2.24, 2.45) is 10.7 Å². The number of amidine groups is 1. The zero-order chi connectivity index (χ0) is 60.4. The molecule has 0 bridgehead atoms. The molecule has 2 amide bonds. The zero-order valence-electron chi connectivity index (χ0n) is 48.1. The summed E-state index contributed by atoms with van der Waals surface area (Å²) in [5.41, 5.74) is 9.74. The zero-order valence-corrected chi connectivity index (χ0v) is 48.9. The van der Waals surface area contributed by atoms with E-state index in [1.165, 1.54) is 4.31 Å². The number of amides is 2. The van der Waals surface area contributed by atoms with E-state index in [4.69, 9.17) is 53.1 Å². The first-order valence-corrected chi connectivity index (χ1v) is 29.8. The Morgan fingerprint density at radius 3 is 1.55 bits per heavy atom. The Morgan fingerprint density at radius 1 is 0.619 bits per heavy atom. The molecule has 2 heterocycles. The molecule has 1 fully saturated rings. The van der Waals surface area contributed by atoms with Gasteiger partial charge in [-0.2, -0.15) is 13.1 Å². The molecule has 2 aliphatic rings. The normalized spacial score (nSPS) is 14.0. The maximum Gasteiger partial charge on any atom is 0.313 e. The Balaban J connectivity index is 0.768.